The molecule has 0 amide bonds. The molecule has 3 aromatic rings. The third kappa shape index (κ3) is 4.56. The minimum absolute atomic E-state index is 0.0517. The lowest BCUT2D eigenvalue weighted by atomic mass is 9.87. The van der Waals surface area contributed by atoms with Gasteiger partial charge >= 0.3 is 5.97 Å². The summed E-state index contributed by atoms with van der Waals surface area (Å²) in [7, 11) is 0. The maximum absolute atomic E-state index is 12.3. The van der Waals surface area contributed by atoms with E-state index in [-0.39, 0.29) is 16.2 Å². The van der Waals surface area contributed by atoms with Crippen molar-refractivity contribution in [3.63, 3.8) is 0 Å². The summed E-state index contributed by atoms with van der Waals surface area (Å²) >= 11 is 1.71. The van der Waals surface area contributed by atoms with Gasteiger partial charge in [-0.15, -0.1) is 0 Å². The summed E-state index contributed by atoms with van der Waals surface area (Å²) in [6.07, 6.45) is 2.64. The first kappa shape index (κ1) is 21.2. The van der Waals surface area contributed by atoms with E-state index in [2.05, 4.69) is 39.8 Å². The Morgan fingerprint density at radius 3 is 2.24 bits per heavy atom. The standard InChI is InChI=1S/C24H28N2O2S/c1-16(29-5)15-20-21(23(27)28)22(17-9-7-6-8-10-17)26(25-20)19-13-11-18(12-14-19)24(2,3)4/h6-14,16H,15H2,1-5H3,(H,27,28). The van der Waals surface area contributed by atoms with Crippen molar-refractivity contribution >= 4 is 17.7 Å². The fourth-order valence-electron chi connectivity index (χ4n) is 3.34. The number of nitrogens with zero attached hydrogens (tertiary/aromatic N) is 2. The lowest BCUT2D eigenvalue weighted by Crippen LogP contribution is -2.11. The second-order valence-corrected chi connectivity index (χ2v) is 9.58. The van der Waals surface area contributed by atoms with Crippen molar-refractivity contribution in [3.8, 4) is 16.9 Å². The highest BCUT2D eigenvalue weighted by Crippen LogP contribution is 2.32. The minimum atomic E-state index is -0.940. The molecule has 0 bridgehead atoms. The monoisotopic (exact) mass is 408 g/mol. The molecule has 1 unspecified atom stereocenters. The predicted molar refractivity (Wildman–Crippen MR) is 121 cm³/mol. The van der Waals surface area contributed by atoms with E-state index in [9.17, 15) is 9.90 Å². The Bertz CT molecular complexity index is 986. The average Bonchev–Trinajstić information content (AvgIpc) is 3.07. The molecule has 0 spiro atoms. The molecule has 1 N–H and O–H groups in total. The molecule has 1 aromatic heterocycles. The highest BCUT2D eigenvalue weighted by Gasteiger charge is 2.26. The van der Waals surface area contributed by atoms with Gasteiger partial charge in [-0.05, 0) is 29.4 Å². The summed E-state index contributed by atoms with van der Waals surface area (Å²) < 4.78 is 1.79. The van der Waals surface area contributed by atoms with Gasteiger partial charge in [0.05, 0.1) is 17.1 Å². The lowest BCUT2D eigenvalue weighted by Gasteiger charge is -2.19. The van der Waals surface area contributed by atoms with Gasteiger partial charge in [0, 0.05) is 17.2 Å². The van der Waals surface area contributed by atoms with Crippen LogP contribution in [0.2, 0.25) is 0 Å². The molecule has 152 valence electrons. The molecule has 3 rings (SSSR count). The van der Waals surface area contributed by atoms with E-state index in [1.54, 1.807) is 16.4 Å². The number of aromatic nitrogens is 2. The second kappa shape index (κ2) is 8.46. The summed E-state index contributed by atoms with van der Waals surface area (Å²) in [5.41, 5.74) is 4.53. The van der Waals surface area contributed by atoms with E-state index in [0.717, 1.165) is 11.3 Å². The van der Waals surface area contributed by atoms with Crippen molar-refractivity contribution < 1.29 is 9.90 Å². The number of aromatic carboxylic acids is 1. The van der Waals surface area contributed by atoms with Crippen molar-refractivity contribution in [2.24, 2.45) is 0 Å². The number of carboxylic acid groups (broad SMARTS) is 1. The van der Waals surface area contributed by atoms with Crippen LogP contribution in [0.15, 0.2) is 54.6 Å². The van der Waals surface area contributed by atoms with Gasteiger partial charge in [0.15, 0.2) is 0 Å². The molecule has 1 heterocycles. The molecule has 1 atom stereocenters. The van der Waals surface area contributed by atoms with Gasteiger partial charge in [0.25, 0.3) is 0 Å². The van der Waals surface area contributed by atoms with Crippen molar-refractivity contribution in [1.29, 1.82) is 0 Å². The third-order valence-electron chi connectivity index (χ3n) is 5.08. The summed E-state index contributed by atoms with van der Waals surface area (Å²) in [6, 6.07) is 17.9. The Labute approximate surface area is 177 Å². The summed E-state index contributed by atoms with van der Waals surface area (Å²) in [5, 5.41) is 15.1. The molecule has 29 heavy (non-hydrogen) atoms. The predicted octanol–water partition coefficient (Wildman–Crippen LogP) is 5.83. The van der Waals surface area contributed by atoms with E-state index in [1.165, 1.54) is 5.56 Å². The topological polar surface area (TPSA) is 55.1 Å². The van der Waals surface area contributed by atoms with E-state index >= 15 is 0 Å². The Morgan fingerprint density at radius 1 is 1.10 bits per heavy atom. The molecule has 0 aliphatic heterocycles. The van der Waals surface area contributed by atoms with Crippen molar-refractivity contribution in [3.05, 3.63) is 71.4 Å². The van der Waals surface area contributed by atoms with Gasteiger partial charge in [-0.1, -0.05) is 70.2 Å². The van der Waals surface area contributed by atoms with Gasteiger partial charge in [-0.3, -0.25) is 0 Å². The maximum atomic E-state index is 12.3. The molecule has 0 radical (unpaired) electrons. The van der Waals surface area contributed by atoms with Gasteiger partial charge in [-0.2, -0.15) is 16.9 Å². The zero-order valence-electron chi connectivity index (χ0n) is 17.6. The smallest absolute Gasteiger partial charge is 0.339 e. The van der Waals surface area contributed by atoms with E-state index in [4.69, 9.17) is 5.10 Å². The SMILES string of the molecule is CSC(C)Cc1nn(-c2ccc(C(C)(C)C)cc2)c(-c2ccccc2)c1C(=O)O. The van der Waals surface area contributed by atoms with Crippen LogP contribution < -0.4 is 0 Å². The molecule has 0 aliphatic rings. The first-order valence-corrected chi connectivity index (χ1v) is 11.1. The zero-order chi connectivity index (χ0) is 21.2. The van der Waals surface area contributed by atoms with Gasteiger partial charge in [-0.25, -0.2) is 9.48 Å². The van der Waals surface area contributed by atoms with E-state index < -0.39 is 5.97 Å². The van der Waals surface area contributed by atoms with Crippen molar-refractivity contribution in [1.82, 2.24) is 9.78 Å². The van der Waals surface area contributed by atoms with Crippen molar-refractivity contribution in [2.75, 3.05) is 6.26 Å². The average molecular weight is 409 g/mol. The third-order valence-corrected chi connectivity index (χ3v) is 6.05. The maximum Gasteiger partial charge on any atom is 0.339 e. The number of hydrogen-bond acceptors (Lipinski definition) is 3. The number of carboxylic acids is 1. The van der Waals surface area contributed by atoms with Crippen molar-refractivity contribution in [2.45, 2.75) is 44.8 Å². The van der Waals surface area contributed by atoms with Crippen LogP contribution in [0.25, 0.3) is 16.9 Å². The number of hydrogen-bond donors (Lipinski definition) is 1. The summed E-state index contributed by atoms with van der Waals surface area (Å²) in [4.78, 5) is 12.3. The zero-order valence-corrected chi connectivity index (χ0v) is 18.5. The molecule has 0 saturated carbocycles. The highest BCUT2D eigenvalue weighted by atomic mass is 32.2. The lowest BCUT2D eigenvalue weighted by molar-refractivity contribution is 0.0696. The molecule has 4 nitrogen and oxygen atoms in total. The van der Waals surface area contributed by atoms with Gasteiger partial charge < -0.3 is 5.11 Å². The first-order chi connectivity index (χ1) is 13.7. The Morgan fingerprint density at radius 2 is 1.72 bits per heavy atom. The Balaban J connectivity index is 2.22. The fraction of sp³-hybridized carbons (Fsp3) is 0.333. The van der Waals surface area contributed by atoms with E-state index in [0.29, 0.717) is 17.8 Å². The normalized spacial score (nSPS) is 12.7. The second-order valence-electron chi connectivity index (χ2n) is 8.30. The number of rotatable bonds is 6. The van der Waals surface area contributed by atoms with Crippen LogP contribution in [0.4, 0.5) is 0 Å². The first-order valence-electron chi connectivity index (χ1n) is 9.76. The highest BCUT2D eigenvalue weighted by molar-refractivity contribution is 7.99. The minimum Gasteiger partial charge on any atom is -0.478 e. The molecule has 0 fully saturated rings. The fourth-order valence-corrected chi connectivity index (χ4v) is 3.66. The van der Waals surface area contributed by atoms with Gasteiger partial charge in [0.2, 0.25) is 0 Å². The Kier molecular flexibility index (Phi) is 6.18. The van der Waals surface area contributed by atoms with Crippen LogP contribution in [0.1, 0.15) is 49.3 Å². The Hall–Kier alpha value is -2.53. The van der Waals surface area contributed by atoms with Crippen LogP contribution in [-0.4, -0.2) is 32.4 Å². The molecule has 0 saturated heterocycles. The largest absolute Gasteiger partial charge is 0.478 e. The van der Waals surface area contributed by atoms with Crippen LogP contribution >= 0.6 is 11.8 Å². The van der Waals surface area contributed by atoms with Gasteiger partial charge in [0.1, 0.15) is 5.56 Å². The quantitative estimate of drug-likeness (QED) is 0.558. The summed E-state index contributed by atoms with van der Waals surface area (Å²) in [6.45, 7) is 8.62. The molecule has 2 aromatic carbocycles. The number of thioether (sulfide) groups is 1. The molecule has 5 heteroatoms. The number of carbonyl (C=O) groups is 1. The molecular formula is C24H28N2O2S. The van der Waals surface area contributed by atoms with Crippen LogP contribution in [-0.2, 0) is 11.8 Å². The van der Waals surface area contributed by atoms with Crippen LogP contribution in [0, 0.1) is 0 Å². The van der Waals surface area contributed by atoms with Crippen LogP contribution in [0.3, 0.4) is 0 Å². The molecule has 0 aliphatic carbocycles. The number of benzene rings is 2. The molecular weight excluding hydrogens is 380 g/mol. The summed E-state index contributed by atoms with van der Waals surface area (Å²) in [5.74, 6) is -0.940. The van der Waals surface area contributed by atoms with Crippen LogP contribution in [0.5, 0.6) is 0 Å². The van der Waals surface area contributed by atoms with E-state index in [1.807, 2.05) is 48.7 Å².